The maximum atomic E-state index is 11.3. The summed E-state index contributed by atoms with van der Waals surface area (Å²) in [7, 11) is 0. The van der Waals surface area contributed by atoms with Gasteiger partial charge >= 0.3 is 5.69 Å². The zero-order valence-corrected chi connectivity index (χ0v) is 7.32. The van der Waals surface area contributed by atoms with E-state index in [1.165, 1.54) is 0 Å². The van der Waals surface area contributed by atoms with Gasteiger partial charge in [-0.3, -0.25) is 4.57 Å². The molecule has 1 aromatic carbocycles. The average molecular weight is 174 g/mol. The molecule has 66 valence electrons. The Hall–Kier alpha value is -1.77. The predicted octanol–water partition coefficient (Wildman–Crippen LogP) is 1.47. The van der Waals surface area contributed by atoms with Gasteiger partial charge in [0.15, 0.2) is 0 Å². The molecule has 0 bridgehead atoms. The highest BCUT2D eigenvalue weighted by Crippen LogP contribution is 2.03. The Morgan fingerprint density at radius 2 is 1.92 bits per heavy atom. The first kappa shape index (κ1) is 7.86. The van der Waals surface area contributed by atoms with Crippen LogP contribution in [0.5, 0.6) is 0 Å². The Kier molecular flexibility index (Phi) is 1.77. The van der Waals surface area contributed by atoms with Crippen LogP contribution in [0.15, 0.2) is 41.3 Å². The second-order valence-corrected chi connectivity index (χ2v) is 2.95. The van der Waals surface area contributed by atoms with Crippen LogP contribution < -0.4 is 5.69 Å². The van der Waals surface area contributed by atoms with Gasteiger partial charge in [-0.15, -0.1) is 0 Å². The number of benzene rings is 1. The third-order valence-electron chi connectivity index (χ3n) is 1.88. The van der Waals surface area contributed by atoms with Gasteiger partial charge < -0.3 is 4.98 Å². The molecule has 1 aromatic heterocycles. The summed E-state index contributed by atoms with van der Waals surface area (Å²) < 4.78 is 1.59. The van der Waals surface area contributed by atoms with E-state index in [1.807, 2.05) is 37.3 Å². The molecule has 0 aliphatic rings. The smallest absolute Gasteiger partial charge is 0.310 e. The number of nitrogens with one attached hydrogen (secondary N) is 1. The summed E-state index contributed by atoms with van der Waals surface area (Å²) in [5.74, 6) is 0. The van der Waals surface area contributed by atoms with Crippen LogP contribution in [0.4, 0.5) is 0 Å². The monoisotopic (exact) mass is 174 g/mol. The minimum Gasteiger partial charge on any atom is -0.310 e. The van der Waals surface area contributed by atoms with Crippen molar-refractivity contribution in [2.45, 2.75) is 6.92 Å². The second-order valence-electron chi connectivity index (χ2n) is 2.95. The first-order chi connectivity index (χ1) is 6.27. The fourth-order valence-electron chi connectivity index (χ4n) is 1.29. The number of aryl methyl sites for hydroxylation is 1. The van der Waals surface area contributed by atoms with E-state index in [9.17, 15) is 4.79 Å². The zero-order valence-electron chi connectivity index (χ0n) is 7.32. The van der Waals surface area contributed by atoms with E-state index >= 15 is 0 Å². The fourth-order valence-corrected chi connectivity index (χ4v) is 1.29. The first-order valence-electron chi connectivity index (χ1n) is 4.11. The van der Waals surface area contributed by atoms with Crippen LogP contribution in [0.25, 0.3) is 5.69 Å². The van der Waals surface area contributed by atoms with Crippen molar-refractivity contribution in [3.05, 3.63) is 52.7 Å². The van der Waals surface area contributed by atoms with Crippen LogP contribution in [0, 0.1) is 6.92 Å². The van der Waals surface area contributed by atoms with E-state index in [4.69, 9.17) is 0 Å². The number of para-hydroxylation sites is 1. The maximum absolute atomic E-state index is 11.3. The quantitative estimate of drug-likeness (QED) is 0.698. The number of H-pyrrole nitrogens is 1. The number of imidazole rings is 1. The molecule has 0 aliphatic carbocycles. The van der Waals surface area contributed by atoms with Crippen molar-refractivity contribution < 1.29 is 0 Å². The third-order valence-corrected chi connectivity index (χ3v) is 1.88. The maximum Gasteiger partial charge on any atom is 0.330 e. The van der Waals surface area contributed by atoms with Crippen LogP contribution >= 0.6 is 0 Å². The highest BCUT2D eigenvalue weighted by Gasteiger charge is 1.99. The van der Waals surface area contributed by atoms with E-state index in [2.05, 4.69) is 4.98 Å². The molecule has 0 atom stereocenters. The molecule has 0 radical (unpaired) electrons. The van der Waals surface area contributed by atoms with Crippen LogP contribution in [-0.4, -0.2) is 9.55 Å². The van der Waals surface area contributed by atoms with Crippen LogP contribution in [0.2, 0.25) is 0 Å². The van der Waals surface area contributed by atoms with Crippen molar-refractivity contribution in [2.75, 3.05) is 0 Å². The topological polar surface area (TPSA) is 37.8 Å². The average Bonchev–Trinajstić information content (AvgIpc) is 2.47. The van der Waals surface area contributed by atoms with E-state index in [-0.39, 0.29) is 5.69 Å². The lowest BCUT2D eigenvalue weighted by molar-refractivity contribution is 0.987. The molecule has 0 aliphatic heterocycles. The molecule has 2 rings (SSSR count). The van der Waals surface area contributed by atoms with Gasteiger partial charge in [-0.1, -0.05) is 18.2 Å². The Balaban J connectivity index is 2.59. The molecule has 0 unspecified atom stereocenters. The zero-order chi connectivity index (χ0) is 9.26. The van der Waals surface area contributed by atoms with Crippen molar-refractivity contribution in [3.8, 4) is 5.69 Å². The van der Waals surface area contributed by atoms with E-state index in [1.54, 1.807) is 10.8 Å². The predicted molar refractivity (Wildman–Crippen MR) is 51.1 cm³/mol. The lowest BCUT2D eigenvalue weighted by Crippen LogP contribution is -2.13. The van der Waals surface area contributed by atoms with E-state index in [0.717, 1.165) is 11.4 Å². The Morgan fingerprint density at radius 3 is 2.46 bits per heavy atom. The van der Waals surface area contributed by atoms with Gasteiger partial charge in [-0.05, 0) is 19.1 Å². The minimum atomic E-state index is -0.0938. The van der Waals surface area contributed by atoms with Gasteiger partial charge in [-0.2, -0.15) is 0 Å². The number of aromatic amines is 1. The minimum absolute atomic E-state index is 0.0938. The number of hydrogen-bond acceptors (Lipinski definition) is 1. The number of aromatic nitrogens is 2. The highest BCUT2D eigenvalue weighted by atomic mass is 16.1. The number of rotatable bonds is 1. The van der Waals surface area contributed by atoms with Crippen molar-refractivity contribution in [1.29, 1.82) is 0 Å². The Morgan fingerprint density at radius 1 is 1.23 bits per heavy atom. The number of hydrogen-bond donors (Lipinski definition) is 1. The van der Waals surface area contributed by atoms with Crippen LogP contribution in [0.1, 0.15) is 5.69 Å². The van der Waals surface area contributed by atoms with Crippen LogP contribution in [0.3, 0.4) is 0 Å². The van der Waals surface area contributed by atoms with Gasteiger partial charge in [0.1, 0.15) is 0 Å². The molecule has 0 spiro atoms. The summed E-state index contributed by atoms with van der Waals surface area (Å²) in [6, 6.07) is 9.53. The summed E-state index contributed by atoms with van der Waals surface area (Å²) in [6.45, 7) is 1.86. The summed E-state index contributed by atoms with van der Waals surface area (Å²) in [4.78, 5) is 14.1. The van der Waals surface area contributed by atoms with Gasteiger partial charge in [0.05, 0.1) is 5.69 Å². The van der Waals surface area contributed by atoms with Crippen molar-refractivity contribution in [3.63, 3.8) is 0 Å². The summed E-state index contributed by atoms with van der Waals surface area (Å²) in [6.07, 6.45) is 1.79. The van der Waals surface area contributed by atoms with Gasteiger partial charge in [0.25, 0.3) is 0 Å². The second kappa shape index (κ2) is 2.94. The Bertz CT molecular complexity index is 453. The molecule has 0 saturated heterocycles. The largest absolute Gasteiger partial charge is 0.330 e. The van der Waals surface area contributed by atoms with Crippen LogP contribution in [-0.2, 0) is 0 Å². The lowest BCUT2D eigenvalue weighted by Gasteiger charge is -1.97. The summed E-state index contributed by atoms with van der Waals surface area (Å²) >= 11 is 0. The van der Waals surface area contributed by atoms with Crippen molar-refractivity contribution >= 4 is 0 Å². The molecule has 0 fully saturated rings. The third kappa shape index (κ3) is 1.40. The fraction of sp³-hybridized carbons (Fsp3) is 0.100. The van der Waals surface area contributed by atoms with Crippen molar-refractivity contribution in [1.82, 2.24) is 9.55 Å². The molecule has 0 saturated carbocycles. The highest BCUT2D eigenvalue weighted by molar-refractivity contribution is 5.31. The molecule has 0 amide bonds. The molecular weight excluding hydrogens is 164 g/mol. The summed E-state index contributed by atoms with van der Waals surface area (Å²) in [5, 5.41) is 0. The standard InChI is InChI=1S/C10H10N2O/c1-8-7-12(10(13)11-8)9-5-3-2-4-6-9/h2-7H,1H3,(H,11,13). The molecule has 2 aromatic rings. The van der Waals surface area contributed by atoms with Gasteiger partial charge in [0.2, 0.25) is 0 Å². The number of nitrogens with zero attached hydrogens (tertiary/aromatic N) is 1. The molecule has 1 N–H and O–H groups in total. The van der Waals surface area contributed by atoms with Gasteiger partial charge in [0, 0.05) is 11.9 Å². The van der Waals surface area contributed by atoms with Crippen molar-refractivity contribution in [2.24, 2.45) is 0 Å². The Labute approximate surface area is 75.7 Å². The molecule has 3 heteroatoms. The first-order valence-corrected chi connectivity index (χ1v) is 4.11. The molecule has 13 heavy (non-hydrogen) atoms. The normalized spacial score (nSPS) is 10.2. The lowest BCUT2D eigenvalue weighted by atomic mass is 10.3. The molecule has 1 heterocycles. The van der Waals surface area contributed by atoms with E-state index in [0.29, 0.717) is 0 Å². The van der Waals surface area contributed by atoms with E-state index < -0.39 is 0 Å². The van der Waals surface area contributed by atoms with Gasteiger partial charge in [-0.25, -0.2) is 4.79 Å². The molecule has 3 nitrogen and oxygen atoms in total. The molecular formula is C10H10N2O. The summed E-state index contributed by atoms with van der Waals surface area (Å²) in [5.41, 5.74) is 1.66. The SMILES string of the molecule is Cc1cn(-c2ccccc2)c(=O)[nH]1.